The Balaban J connectivity index is 2.46. The molecule has 1 N–H and O–H groups in total. The van der Waals surface area contributed by atoms with E-state index in [4.69, 9.17) is 4.98 Å². The van der Waals surface area contributed by atoms with Crippen molar-refractivity contribution >= 4 is 17.0 Å². The maximum absolute atomic E-state index is 4.79. The van der Waals surface area contributed by atoms with Gasteiger partial charge >= 0.3 is 0 Å². The van der Waals surface area contributed by atoms with Crippen molar-refractivity contribution < 1.29 is 0 Å². The van der Waals surface area contributed by atoms with Gasteiger partial charge in [-0.15, -0.1) is 11.3 Å². The van der Waals surface area contributed by atoms with E-state index in [1.807, 2.05) is 0 Å². The van der Waals surface area contributed by atoms with Crippen molar-refractivity contribution in [3.8, 4) is 0 Å². The fourth-order valence-corrected chi connectivity index (χ4v) is 3.02. The molecule has 0 bridgehead atoms. The molecule has 0 amide bonds. The molecule has 3 heteroatoms. The number of thiazole rings is 1. The van der Waals surface area contributed by atoms with Crippen LogP contribution in [0, 0.1) is 0 Å². The molecule has 2 rings (SSSR count). The van der Waals surface area contributed by atoms with Gasteiger partial charge in [0.15, 0.2) is 0 Å². The summed E-state index contributed by atoms with van der Waals surface area (Å²) >= 11 is 1.78. The molecule has 1 aliphatic heterocycles. The molecule has 1 aromatic rings. The summed E-state index contributed by atoms with van der Waals surface area (Å²) < 4.78 is 0. The van der Waals surface area contributed by atoms with Crippen molar-refractivity contribution in [3.63, 3.8) is 0 Å². The third-order valence-corrected chi connectivity index (χ3v) is 4.29. The lowest BCUT2D eigenvalue weighted by Crippen LogP contribution is -2.43. The van der Waals surface area contributed by atoms with Crippen LogP contribution in [0.3, 0.4) is 0 Å². The number of aromatic nitrogens is 1. The van der Waals surface area contributed by atoms with E-state index in [-0.39, 0.29) is 11.0 Å². The van der Waals surface area contributed by atoms with Crippen LogP contribution in [0.25, 0.3) is 5.70 Å². The first-order valence-corrected chi connectivity index (χ1v) is 6.48. The molecule has 1 aliphatic rings. The van der Waals surface area contributed by atoms with Gasteiger partial charge in [0.2, 0.25) is 0 Å². The Hall–Kier alpha value is -0.830. The van der Waals surface area contributed by atoms with E-state index in [9.17, 15) is 0 Å². The number of nitrogens with one attached hydrogen (secondary N) is 1. The van der Waals surface area contributed by atoms with Crippen LogP contribution in [0.5, 0.6) is 0 Å². The van der Waals surface area contributed by atoms with Crippen LogP contribution in [-0.4, -0.2) is 10.5 Å². The largest absolute Gasteiger partial charge is 0.379 e. The molecule has 1 aromatic heterocycles. The molecule has 0 fully saturated rings. The van der Waals surface area contributed by atoms with Crippen molar-refractivity contribution in [1.82, 2.24) is 10.3 Å². The zero-order chi connectivity index (χ0) is 12.1. The van der Waals surface area contributed by atoms with Crippen molar-refractivity contribution in [3.05, 3.63) is 22.2 Å². The van der Waals surface area contributed by atoms with E-state index < -0.39 is 0 Å². The standard InChI is InChI=1S/C13H20N2S/c1-8-10-9(7-13(5,6)15-8)14-11(16-10)12(2,3)4/h15H,1,7H2,2-6H3. The van der Waals surface area contributed by atoms with Gasteiger partial charge in [-0.05, 0) is 13.8 Å². The molecule has 0 aliphatic carbocycles. The van der Waals surface area contributed by atoms with Gasteiger partial charge in [0.25, 0.3) is 0 Å². The average Bonchev–Trinajstić information content (AvgIpc) is 2.44. The maximum atomic E-state index is 4.79. The van der Waals surface area contributed by atoms with E-state index in [0.717, 1.165) is 12.1 Å². The Bertz CT molecular complexity index is 435. The number of fused-ring (bicyclic) bond motifs is 1. The molecule has 0 unspecified atom stereocenters. The van der Waals surface area contributed by atoms with Gasteiger partial charge in [-0.25, -0.2) is 4.98 Å². The van der Waals surface area contributed by atoms with Gasteiger partial charge in [-0.1, -0.05) is 27.4 Å². The fraction of sp³-hybridized carbons (Fsp3) is 0.615. The summed E-state index contributed by atoms with van der Waals surface area (Å²) in [5.74, 6) is 0. The number of hydrogen-bond donors (Lipinski definition) is 1. The molecule has 2 nitrogen and oxygen atoms in total. The zero-order valence-electron chi connectivity index (χ0n) is 10.8. The predicted molar refractivity (Wildman–Crippen MR) is 70.8 cm³/mol. The van der Waals surface area contributed by atoms with E-state index in [2.05, 4.69) is 46.5 Å². The first kappa shape index (κ1) is 11.6. The third kappa shape index (κ3) is 2.01. The predicted octanol–water partition coefficient (Wildman–Crippen LogP) is 3.34. The highest BCUT2D eigenvalue weighted by molar-refractivity contribution is 7.13. The van der Waals surface area contributed by atoms with Crippen LogP contribution in [0.1, 0.15) is 50.2 Å². The van der Waals surface area contributed by atoms with Crippen LogP contribution in [0.2, 0.25) is 0 Å². The molecule has 0 radical (unpaired) electrons. The summed E-state index contributed by atoms with van der Waals surface area (Å²) in [7, 11) is 0. The lowest BCUT2D eigenvalue weighted by Gasteiger charge is -2.32. The summed E-state index contributed by atoms with van der Waals surface area (Å²) in [6.45, 7) is 15.1. The minimum Gasteiger partial charge on any atom is -0.379 e. The summed E-state index contributed by atoms with van der Waals surface area (Å²) in [5.41, 5.74) is 2.45. The Morgan fingerprint density at radius 1 is 1.38 bits per heavy atom. The third-order valence-electron chi connectivity index (χ3n) is 2.71. The van der Waals surface area contributed by atoms with Gasteiger partial charge in [-0.2, -0.15) is 0 Å². The molecular formula is C13H20N2S. The maximum Gasteiger partial charge on any atom is 0.0988 e. The second-order valence-electron chi connectivity index (χ2n) is 6.21. The summed E-state index contributed by atoms with van der Waals surface area (Å²) in [5, 5.41) is 4.66. The molecule has 0 saturated carbocycles. The lowest BCUT2D eigenvalue weighted by atomic mass is 9.93. The Labute approximate surface area is 102 Å². The smallest absolute Gasteiger partial charge is 0.0988 e. The second-order valence-corrected chi connectivity index (χ2v) is 7.21. The van der Waals surface area contributed by atoms with Crippen LogP contribution in [0.4, 0.5) is 0 Å². The monoisotopic (exact) mass is 236 g/mol. The van der Waals surface area contributed by atoms with Gasteiger partial charge in [0, 0.05) is 23.1 Å². The van der Waals surface area contributed by atoms with Crippen molar-refractivity contribution in [2.24, 2.45) is 0 Å². The Morgan fingerprint density at radius 3 is 2.56 bits per heavy atom. The summed E-state index contributed by atoms with van der Waals surface area (Å²) in [6.07, 6.45) is 0.980. The molecule has 0 spiro atoms. The summed E-state index contributed by atoms with van der Waals surface area (Å²) in [6, 6.07) is 0. The Kier molecular flexibility index (Phi) is 2.42. The van der Waals surface area contributed by atoms with Crippen molar-refractivity contribution in [2.45, 2.75) is 52.0 Å². The van der Waals surface area contributed by atoms with Crippen molar-refractivity contribution in [1.29, 1.82) is 0 Å². The topological polar surface area (TPSA) is 24.9 Å². The highest BCUT2D eigenvalue weighted by Crippen LogP contribution is 2.36. The molecule has 2 heterocycles. The van der Waals surface area contributed by atoms with Crippen LogP contribution >= 0.6 is 11.3 Å². The van der Waals surface area contributed by atoms with Crippen LogP contribution in [0.15, 0.2) is 6.58 Å². The molecular weight excluding hydrogens is 216 g/mol. The number of rotatable bonds is 0. The number of nitrogens with zero attached hydrogens (tertiary/aromatic N) is 1. The average molecular weight is 236 g/mol. The molecule has 16 heavy (non-hydrogen) atoms. The molecule has 88 valence electrons. The van der Waals surface area contributed by atoms with Gasteiger partial charge in [0.05, 0.1) is 15.6 Å². The van der Waals surface area contributed by atoms with Gasteiger partial charge in [-0.3, -0.25) is 0 Å². The molecule has 0 saturated heterocycles. The second kappa shape index (κ2) is 3.33. The highest BCUT2D eigenvalue weighted by Gasteiger charge is 2.31. The quantitative estimate of drug-likeness (QED) is 0.747. The summed E-state index contributed by atoms with van der Waals surface area (Å²) in [4.78, 5) is 6.03. The van der Waals surface area contributed by atoms with Gasteiger partial charge in [0.1, 0.15) is 0 Å². The highest BCUT2D eigenvalue weighted by atomic mass is 32.1. The SMILES string of the molecule is C=C1NC(C)(C)Cc2nc(C(C)(C)C)sc21. The van der Waals surface area contributed by atoms with Crippen LogP contribution < -0.4 is 5.32 Å². The first-order chi connectivity index (χ1) is 7.19. The molecule has 0 atom stereocenters. The van der Waals surface area contributed by atoms with E-state index in [0.29, 0.717) is 0 Å². The first-order valence-electron chi connectivity index (χ1n) is 5.67. The van der Waals surface area contributed by atoms with Crippen LogP contribution in [-0.2, 0) is 11.8 Å². The van der Waals surface area contributed by atoms with Crippen molar-refractivity contribution in [2.75, 3.05) is 0 Å². The fourth-order valence-electron chi connectivity index (χ4n) is 1.96. The number of hydrogen-bond acceptors (Lipinski definition) is 3. The van der Waals surface area contributed by atoms with E-state index >= 15 is 0 Å². The zero-order valence-corrected chi connectivity index (χ0v) is 11.6. The Morgan fingerprint density at radius 2 is 2.00 bits per heavy atom. The lowest BCUT2D eigenvalue weighted by molar-refractivity contribution is 0.433. The minimum absolute atomic E-state index is 0.0767. The van der Waals surface area contributed by atoms with E-state index in [1.54, 1.807) is 11.3 Å². The van der Waals surface area contributed by atoms with Gasteiger partial charge < -0.3 is 5.32 Å². The minimum atomic E-state index is 0.0767. The van der Waals surface area contributed by atoms with E-state index in [1.165, 1.54) is 15.6 Å². The molecule has 0 aromatic carbocycles. The normalized spacial score (nSPS) is 19.2.